The Morgan fingerprint density at radius 2 is 2.18 bits per heavy atom. The zero-order chi connectivity index (χ0) is 12.3. The van der Waals surface area contributed by atoms with Crippen molar-refractivity contribution in [1.29, 1.82) is 0 Å². The van der Waals surface area contributed by atoms with Crippen LogP contribution in [0.1, 0.15) is 30.4 Å². The maximum Gasteiger partial charge on any atom is 0.275 e. The van der Waals surface area contributed by atoms with Gasteiger partial charge < -0.3 is 5.32 Å². The summed E-state index contributed by atoms with van der Waals surface area (Å²) in [7, 11) is 0. The number of nitrogens with one attached hydrogen (secondary N) is 1. The first-order chi connectivity index (χ1) is 8.16. The topological polar surface area (TPSA) is 72.7 Å². The fourth-order valence-corrected chi connectivity index (χ4v) is 1.30. The smallest absolute Gasteiger partial charge is 0.275 e. The summed E-state index contributed by atoms with van der Waals surface area (Å²) in [5, 5.41) is 6.84. The Morgan fingerprint density at radius 3 is 2.76 bits per heavy atom. The van der Waals surface area contributed by atoms with Gasteiger partial charge in [-0.25, -0.2) is 4.98 Å². The molecule has 6 heteroatoms. The number of anilines is 1. The fraction of sp³-hybridized carbons (Fsp3) is 0.273. The first-order valence-electron chi connectivity index (χ1n) is 5.28. The predicted octanol–water partition coefficient (Wildman–Crippen LogP) is 1.51. The van der Waals surface area contributed by atoms with Gasteiger partial charge in [-0.1, -0.05) is 0 Å². The molecule has 0 bridgehead atoms. The van der Waals surface area contributed by atoms with Crippen LogP contribution in [0.2, 0.25) is 0 Å². The molecule has 88 valence electrons. The number of carbonyl (C=O) groups is 1. The lowest BCUT2D eigenvalue weighted by atomic mass is 10.4. The summed E-state index contributed by atoms with van der Waals surface area (Å²) in [6, 6.07) is 0.261. The summed E-state index contributed by atoms with van der Waals surface area (Å²) in [6.45, 7) is 4.03. The van der Waals surface area contributed by atoms with Crippen molar-refractivity contribution in [2.75, 3.05) is 5.32 Å². The Bertz CT molecular complexity index is 506. The van der Waals surface area contributed by atoms with Gasteiger partial charge in [-0.2, -0.15) is 5.10 Å². The third kappa shape index (κ3) is 2.66. The Balaban J connectivity index is 2.08. The first kappa shape index (κ1) is 11.3. The lowest BCUT2D eigenvalue weighted by Crippen LogP contribution is -2.13. The number of hydrogen-bond acceptors (Lipinski definition) is 4. The molecule has 2 heterocycles. The van der Waals surface area contributed by atoms with Crippen molar-refractivity contribution in [3.05, 3.63) is 36.7 Å². The van der Waals surface area contributed by atoms with Gasteiger partial charge in [-0.3, -0.25) is 14.5 Å². The molecule has 0 fully saturated rings. The van der Waals surface area contributed by atoms with E-state index in [1.165, 1.54) is 18.6 Å². The second kappa shape index (κ2) is 4.73. The maximum atomic E-state index is 11.7. The highest BCUT2D eigenvalue weighted by atomic mass is 16.1. The van der Waals surface area contributed by atoms with Crippen LogP contribution in [0, 0.1) is 0 Å². The highest BCUT2D eigenvalue weighted by Crippen LogP contribution is 2.10. The van der Waals surface area contributed by atoms with E-state index >= 15 is 0 Å². The van der Waals surface area contributed by atoms with Gasteiger partial charge >= 0.3 is 0 Å². The quantitative estimate of drug-likeness (QED) is 0.868. The molecular formula is C11H13N5O. The van der Waals surface area contributed by atoms with E-state index < -0.39 is 0 Å². The minimum Gasteiger partial charge on any atom is -0.318 e. The highest BCUT2D eigenvalue weighted by molar-refractivity contribution is 6.02. The molecule has 0 saturated carbocycles. The molecule has 0 aliphatic carbocycles. The zero-order valence-corrected chi connectivity index (χ0v) is 9.66. The number of nitrogens with zero attached hydrogens (tertiary/aromatic N) is 4. The summed E-state index contributed by atoms with van der Waals surface area (Å²) < 4.78 is 1.77. The summed E-state index contributed by atoms with van der Waals surface area (Å²) in [6.07, 6.45) is 7.80. The van der Waals surface area contributed by atoms with E-state index in [1.807, 2.05) is 13.8 Å². The van der Waals surface area contributed by atoms with Gasteiger partial charge in [0.05, 0.1) is 18.1 Å². The number of hydrogen-bond donors (Lipinski definition) is 1. The summed E-state index contributed by atoms with van der Waals surface area (Å²) in [5.41, 5.74) is 0.930. The van der Waals surface area contributed by atoms with Crippen molar-refractivity contribution >= 4 is 11.6 Å². The van der Waals surface area contributed by atoms with E-state index in [0.717, 1.165) is 0 Å². The molecule has 0 aliphatic rings. The van der Waals surface area contributed by atoms with Gasteiger partial charge in [0.2, 0.25) is 0 Å². The lowest BCUT2D eigenvalue weighted by molar-refractivity contribution is 0.102. The maximum absolute atomic E-state index is 11.7. The molecule has 2 aromatic rings. The molecule has 17 heavy (non-hydrogen) atoms. The number of aromatic nitrogens is 4. The van der Waals surface area contributed by atoms with Crippen LogP contribution >= 0.6 is 0 Å². The SMILES string of the molecule is CC(C)n1cc(NC(=O)c2cnccn2)cn1. The Hall–Kier alpha value is -2.24. The molecule has 0 spiro atoms. The molecule has 0 atom stereocenters. The molecule has 0 unspecified atom stereocenters. The van der Waals surface area contributed by atoms with Crippen LogP contribution in [0.3, 0.4) is 0 Å². The van der Waals surface area contributed by atoms with Crippen LogP contribution in [0.25, 0.3) is 0 Å². The third-order valence-corrected chi connectivity index (χ3v) is 2.18. The van der Waals surface area contributed by atoms with Gasteiger partial charge in [0.25, 0.3) is 5.91 Å². The fourth-order valence-electron chi connectivity index (χ4n) is 1.30. The minimum absolute atomic E-state index is 0.261. The Labute approximate surface area is 98.7 Å². The lowest BCUT2D eigenvalue weighted by Gasteiger charge is -2.03. The van der Waals surface area contributed by atoms with Gasteiger partial charge in [-0.05, 0) is 13.8 Å². The van der Waals surface area contributed by atoms with Gasteiger partial charge in [0, 0.05) is 24.6 Å². The van der Waals surface area contributed by atoms with Gasteiger partial charge in [-0.15, -0.1) is 0 Å². The third-order valence-electron chi connectivity index (χ3n) is 2.18. The van der Waals surface area contributed by atoms with E-state index in [2.05, 4.69) is 20.4 Å². The van der Waals surface area contributed by atoms with Crippen molar-refractivity contribution in [3.63, 3.8) is 0 Å². The van der Waals surface area contributed by atoms with Gasteiger partial charge in [0.15, 0.2) is 0 Å². The van der Waals surface area contributed by atoms with Crippen molar-refractivity contribution < 1.29 is 4.79 Å². The molecule has 2 rings (SSSR count). The standard InChI is InChI=1S/C11H13N5O/c1-8(2)16-7-9(5-14-16)15-11(17)10-6-12-3-4-13-10/h3-8H,1-2H3,(H,15,17). The molecule has 1 amide bonds. The number of amides is 1. The Kier molecular flexibility index (Phi) is 3.13. The Morgan fingerprint density at radius 1 is 1.35 bits per heavy atom. The molecule has 2 aromatic heterocycles. The van der Waals surface area contributed by atoms with Crippen molar-refractivity contribution in [2.45, 2.75) is 19.9 Å². The molecule has 6 nitrogen and oxygen atoms in total. The second-order valence-electron chi connectivity index (χ2n) is 3.85. The first-order valence-corrected chi connectivity index (χ1v) is 5.28. The molecule has 0 saturated heterocycles. The number of carbonyl (C=O) groups excluding carboxylic acids is 1. The van der Waals surface area contributed by atoms with E-state index in [1.54, 1.807) is 17.1 Å². The molecule has 0 aromatic carbocycles. The van der Waals surface area contributed by atoms with E-state index in [9.17, 15) is 4.79 Å². The second-order valence-corrected chi connectivity index (χ2v) is 3.85. The van der Waals surface area contributed by atoms with Crippen LogP contribution in [0.4, 0.5) is 5.69 Å². The van der Waals surface area contributed by atoms with Crippen LogP contribution in [0.5, 0.6) is 0 Å². The average molecular weight is 231 g/mol. The molecule has 0 aliphatic heterocycles. The monoisotopic (exact) mass is 231 g/mol. The highest BCUT2D eigenvalue weighted by Gasteiger charge is 2.09. The van der Waals surface area contributed by atoms with E-state index in [4.69, 9.17) is 0 Å². The average Bonchev–Trinajstić information content (AvgIpc) is 2.79. The summed E-state index contributed by atoms with van der Waals surface area (Å²) in [5.74, 6) is -0.290. The van der Waals surface area contributed by atoms with Crippen molar-refractivity contribution in [1.82, 2.24) is 19.7 Å². The molecular weight excluding hydrogens is 218 g/mol. The molecule has 1 N–H and O–H groups in total. The largest absolute Gasteiger partial charge is 0.318 e. The van der Waals surface area contributed by atoms with Crippen LogP contribution < -0.4 is 5.32 Å². The van der Waals surface area contributed by atoms with E-state index in [0.29, 0.717) is 5.69 Å². The van der Waals surface area contributed by atoms with Gasteiger partial charge in [0.1, 0.15) is 5.69 Å². The van der Waals surface area contributed by atoms with Crippen LogP contribution in [-0.2, 0) is 0 Å². The summed E-state index contributed by atoms with van der Waals surface area (Å²) in [4.78, 5) is 19.5. The zero-order valence-electron chi connectivity index (χ0n) is 9.66. The van der Waals surface area contributed by atoms with Crippen molar-refractivity contribution in [2.24, 2.45) is 0 Å². The minimum atomic E-state index is -0.290. The van der Waals surface area contributed by atoms with Crippen LogP contribution in [0.15, 0.2) is 31.0 Å². The van der Waals surface area contributed by atoms with Crippen LogP contribution in [-0.4, -0.2) is 25.7 Å². The number of rotatable bonds is 3. The normalized spacial score (nSPS) is 10.5. The van der Waals surface area contributed by atoms with Crippen molar-refractivity contribution in [3.8, 4) is 0 Å². The molecule has 0 radical (unpaired) electrons. The van der Waals surface area contributed by atoms with E-state index in [-0.39, 0.29) is 17.6 Å². The predicted molar refractivity (Wildman–Crippen MR) is 62.6 cm³/mol. The summed E-state index contributed by atoms with van der Waals surface area (Å²) >= 11 is 0.